The predicted molar refractivity (Wildman–Crippen MR) is 93.7 cm³/mol. The van der Waals surface area contributed by atoms with Gasteiger partial charge in [-0.1, -0.05) is 46.3 Å². The third-order valence-corrected chi connectivity index (χ3v) is 5.11. The fourth-order valence-corrected chi connectivity index (χ4v) is 3.67. The lowest BCUT2D eigenvalue weighted by molar-refractivity contribution is 0.273. The summed E-state index contributed by atoms with van der Waals surface area (Å²) in [5.41, 5.74) is 1.96. The molecule has 1 aliphatic heterocycles. The number of nitrogens with one attached hydrogen (secondary N) is 1. The molecular weight excluding hydrogens is 276 g/mol. The number of hydrogen-bond acceptors (Lipinski definition) is 3. The van der Waals surface area contributed by atoms with Crippen LogP contribution in [0.15, 0.2) is 23.8 Å². The van der Waals surface area contributed by atoms with Crippen LogP contribution in [-0.4, -0.2) is 24.0 Å². The molecular formula is C18H30N2S. The summed E-state index contributed by atoms with van der Waals surface area (Å²) >= 11 is 1.95. The Balaban J connectivity index is 1.85. The van der Waals surface area contributed by atoms with Crippen molar-refractivity contribution in [3.05, 3.63) is 33.5 Å². The van der Waals surface area contributed by atoms with Crippen LogP contribution < -0.4 is 5.32 Å². The molecule has 2 heterocycles. The zero-order valence-corrected chi connectivity index (χ0v) is 15.0. The molecule has 1 aromatic heterocycles. The van der Waals surface area contributed by atoms with E-state index in [9.17, 15) is 0 Å². The Bertz CT molecular complexity index is 480. The Labute approximate surface area is 134 Å². The monoisotopic (exact) mass is 306 g/mol. The van der Waals surface area contributed by atoms with E-state index in [0.717, 1.165) is 19.6 Å². The third kappa shape index (κ3) is 5.24. The summed E-state index contributed by atoms with van der Waals surface area (Å²) < 4.78 is 0. The van der Waals surface area contributed by atoms with Gasteiger partial charge in [0.1, 0.15) is 0 Å². The lowest BCUT2D eigenvalue weighted by Gasteiger charge is -2.31. The fraction of sp³-hybridized carbons (Fsp3) is 0.667. The molecule has 0 saturated heterocycles. The summed E-state index contributed by atoms with van der Waals surface area (Å²) in [6.07, 6.45) is 3.66. The van der Waals surface area contributed by atoms with Gasteiger partial charge in [0, 0.05) is 42.0 Å². The Kier molecular flexibility index (Phi) is 5.64. The second kappa shape index (κ2) is 7.08. The Morgan fingerprint density at radius 3 is 2.52 bits per heavy atom. The number of thiophene rings is 1. The van der Waals surface area contributed by atoms with E-state index in [2.05, 4.69) is 63.0 Å². The maximum absolute atomic E-state index is 3.49. The quantitative estimate of drug-likeness (QED) is 0.810. The zero-order valence-electron chi connectivity index (χ0n) is 14.2. The molecule has 2 nitrogen and oxygen atoms in total. The normalized spacial score (nSPS) is 17.3. The van der Waals surface area contributed by atoms with Gasteiger partial charge in [0.15, 0.2) is 0 Å². The van der Waals surface area contributed by atoms with Gasteiger partial charge in [-0.2, -0.15) is 0 Å². The van der Waals surface area contributed by atoms with Crippen molar-refractivity contribution in [1.82, 2.24) is 10.2 Å². The van der Waals surface area contributed by atoms with Crippen LogP contribution in [0.1, 0.15) is 50.8 Å². The van der Waals surface area contributed by atoms with Gasteiger partial charge in [-0.25, -0.2) is 0 Å². The third-order valence-electron chi connectivity index (χ3n) is 4.04. The van der Waals surface area contributed by atoms with Gasteiger partial charge in [-0.3, -0.25) is 4.90 Å². The topological polar surface area (TPSA) is 15.3 Å². The Morgan fingerprint density at radius 2 is 1.95 bits per heavy atom. The molecule has 0 fully saturated rings. The van der Waals surface area contributed by atoms with E-state index in [-0.39, 0.29) is 0 Å². The van der Waals surface area contributed by atoms with Crippen molar-refractivity contribution in [2.24, 2.45) is 5.41 Å². The van der Waals surface area contributed by atoms with Crippen molar-refractivity contribution in [3.8, 4) is 0 Å². The summed E-state index contributed by atoms with van der Waals surface area (Å²) in [4.78, 5) is 5.49. The molecule has 0 bridgehead atoms. The van der Waals surface area contributed by atoms with Crippen LogP contribution in [0.2, 0.25) is 0 Å². The van der Waals surface area contributed by atoms with E-state index >= 15 is 0 Å². The van der Waals surface area contributed by atoms with Gasteiger partial charge in [0.25, 0.3) is 0 Å². The number of rotatable bonds is 5. The maximum Gasteiger partial charge on any atom is 0.0331 e. The van der Waals surface area contributed by atoms with Crippen molar-refractivity contribution < 1.29 is 0 Å². The van der Waals surface area contributed by atoms with E-state index in [4.69, 9.17) is 0 Å². The molecule has 0 radical (unpaired) electrons. The molecule has 0 saturated carbocycles. The summed E-state index contributed by atoms with van der Waals surface area (Å²) in [7, 11) is 0. The van der Waals surface area contributed by atoms with Crippen LogP contribution in [0.4, 0.5) is 0 Å². The van der Waals surface area contributed by atoms with Crippen LogP contribution in [0.5, 0.6) is 0 Å². The van der Waals surface area contributed by atoms with Gasteiger partial charge in [0.05, 0.1) is 0 Å². The van der Waals surface area contributed by atoms with Crippen molar-refractivity contribution >= 4 is 11.3 Å². The van der Waals surface area contributed by atoms with Gasteiger partial charge in [-0.15, -0.1) is 11.3 Å². The maximum atomic E-state index is 3.49. The van der Waals surface area contributed by atoms with E-state index < -0.39 is 0 Å². The smallest absolute Gasteiger partial charge is 0.0331 e. The summed E-state index contributed by atoms with van der Waals surface area (Å²) in [5, 5.41) is 3.49. The molecule has 0 spiro atoms. The molecule has 1 N–H and O–H groups in total. The lowest BCUT2D eigenvalue weighted by atomic mass is 9.83. The van der Waals surface area contributed by atoms with Gasteiger partial charge in [0.2, 0.25) is 0 Å². The Morgan fingerprint density at radius 1 is 1.24 bits per heavy atom. The van der Waals surface area contributed by atoms with Crippen molar-refractivity contribution in [1.29, 1.82) is 0 Å². The second-order valence-corrected chi connectivity index (χ2v) is 8.62. The highest BCUT2D eigenvalue weighted by molar-refractivity contribution is 7.11. The summed E-state index contributed by atoms with van der Waals surface area (Å²) in [5.74, 6) is 0. The minimum absolute atomic E-state index is 0.338. The van der Waals surface area contributed by atoms with Crippen molar-refractivity contribution in [3.63, 3.8) is 0 Å². The van der Waals surface area contributed by atoms with Crippen LogP contribution in [0.3, 0.4) is 0 Å². The minimum Gasteiger partial charge on any atom is -0.310 e. The average molecular weight is 307 g/mol. The highest BCUT2D eigenvalue weighted by Crippen LogP contribution is 2.30. The fourth-order valence-electron chi connectivity index (χ4n) is 2.66. The molecule has 0 atom stereocenters. The molecule has 0 aromatic carbocycles. The first-order valence-corrected chi connectivity index (χ1v) is 8.89. The highest BCUT2D eigenvalue weighted by atomic mass is 32.1. The first kappa shape index (κ1) is 16.7. The van der Waals surface area contributed by atoms with Crippen LogP contribution in [0, 0.1) is 5.41 Å². The average Bonchev–Trinajstić information content (AvgIpc) is 2.83. The van der Waals surface area contributed by atoms with E-state index in [1.807, 2.05) is 11.3 Å². The molecule has 118 valence electrons. The Hall–Kier alpha value is -0.640. The standard InChI is InChI=1S/C18H30N2S/c1-14(2)19-12-16-6-7-17(21-16)13-20-10-8-15(9-11-20)18(3,4)5/h6-8,14,19H,9-13H2,1-5H3. The van der Waals surface area contributed by atoms with Crippen molar-refractivity contribution in [2.75, 3.05) is 13.1 Å². The molecule has 0 amide bonds. The van der Waals surface area contributed by atoms with Crippen LogP contribution >= 0.6 is 11.3 Å². The largest absolute Gasteiger partial charge is 0.310 e. The molecule has 2 rings (SSSR count). The first-order valence-electron chi connectivity index (χ1n) is 8.07. The second-order valence-electron chi connectivity index (χ2n) is 7.37. The SMILES string of the molecule is CC(C)NCc1ccc(CN2CC=C(C(C)(C)C)CC2)s1. The van der Waals surface area contributed by atoms with Gasteiger partial charge < -0.3 is 5.32 Å². The predicted octanol–water partition coefficient (Wildman–Crippen LogP) is 4.42. The molecule has 1 aromatic rings. The summed E-state index contributed by atoms with van der Waals surface area (Å²) in [6.45, 7) is 15.7. The van der Waals surface area contributed by atoms with Gasteiger partial charge >= 0.3 is 0 Å². The van der Waals surface area contributed by atoms with E-state index in [0.29, 0.717) is 11.5 Å². The molecule has 0 aliphatic carbocycles. The minimum atomic E-state index is 0.338. The first-order chi connectivity index (χ1) is 9.84. The van der Waals surface area contributed by atoms with E-state index in [1.165, 1.54) is 22.7 Å². The van der Waals surface area contributed by atoms with E-state index in [1.54, 1.807) is 5.57 Å². The van der Waals surface area contributed by atoms with Crippen LogP contribution in [-0.2, 0) is 13.1 Å². The lowest BCUT2D eigenvalue weighted by Crippen LogP contribution is -2.30. The summed E-state index contributed by atoms with van der Waals surface area (Å²) in [6, 6.07) is 5.12. The molecule has 21 heavy (non-hydrogen) atoms. The zero-order chi connectivity index (χ0) is 15.5. The molecule has 0 unspecified atom stereocenters. The van der Waals surface area contributed by atoms with Crippen LogP contribution in [0.25, 0.3) is 0 Å². The number of nitrogens with zero attached hydrogens (tertiary/aromatic N) is 1. The van der Waals surface area contributed by atoms with Crippen molar-refractivity contribution in [2.45, 2.75) is 60.2 Å². The molecule has 1 aliphatic rings. The number of hydrogen-bond donors (Lipinski definition) is 1. The highest BCUT2D eigenvalue weighted by Gasteiger charge is 2.21. The van der Waals surface area contributed by atoms with Gasteiger partial charge in [-0.05, 0) is 24.0 Å². The molecule has 3 heteroatoms.